The Kier molecular flexibility index (Phi) is 7.83. The molecule has 0 saturated carbocycles. The molecule has 9 heteroatoms. The predicted octanol–water partition coefficient (Wildman–Crippen LogP) is 1.77. The number of nitrogens with zero attached hydrogens (tertiary/aromatic N) is 2. The molecule has 2 rings (SSSR count). The lowest BCUT2D eigenvalue weighted by atomic mass is 10.2. The molecule has 0 atom stereocenters. The standard InChI is InChI=1S/C17H22ClN5O2S/c1-2-20-17(22-12-14-6-3-4-8-16(14)18)21-10-11-23-26(24,25)15-7-5-9-19-13-15/h3-9,13,23H,2,10-12H2,1H3,(H2,20,21,22). The zero-order chi connectivity index (χ0) is 18.8. The molecule has 1 aromatic carbocycles. The van der Waals surface area contributed by atoms with Crippen molar-refractivity contribution in [3.05, 3.63) is 59.4 Å². The molecule has 0 radical (unpaired) electrons. The van der Waals surface area contributed by atoms with Crippen LogP contribution in [-0.2, 0) is 16.6 Å². The molecule has 0 fully saturated rings. The highest BCUT2D eigenvalue weighted by molar-refractivity contribution is 7.89. The molecule has 0 saturated heterocycles. The average Bonchev–Trinajstić information content (AvgIpc) is 2.65. The Morgan fingerprint density at radius 3 is 2.65 bits per heavy atom. The van der Waals surface area contributed by atoms with Crippen LogP contribution in [0, 0.1) is 0 Å². The van der Waals surface area contributed by atoms with Gasteiger partial charge in [-0.25, -0.2) is 18.1 Å². The minimum atomic E-state index is -3.56. The molecule has 0 aliphatic rings. The number of benzene rings is 1. The molecule has 0 amide bonds. The van der Waals surface area contributed by atoms with Crippen LogP contribution in [0.25, 0.3) is 0 Å². The van der Waals surface area contributed by atoms with Gasteiger partial charge in [0.1, 0.15) is 4.90 Å². The van der Waals surface area contributed by atoms with Gasteiger partial charge in [0, 0.05) is 37.1 Å². The Labute approximate surface area is 159 Å². The van der Waals surface area contributed by atoms with Crippen LogP contribution in [0.15, 0.2) is 58.7 Å². The van der Waals surface area contributed by atoms with Gasteiger partial charge in [0.15, 0.2) is 5.96 Å². The number of nitrogens with one attached hydrogen (secondary N) is 3. The van der Waals surface area contributed by atoms with Gasteiger partial charge in [0.25, 0.3) is 0 Å². The predicted molar refractivity (Wildman–Crippen MR) is 104 cm³/mol. The molecule has 0 unspecified atom stereocenters. The largest absolute Gasteiger partial charge is 0.357 e. The van der Waals surface area contributed by atoms with Crippen LogP contribution in [0.2, 0.25) is 5.02 Å². The van der Waals surface area contributed by atoms with E-state index in [0.717, 1.165) is 5.56 Å². The first-order valence-corrected chi connectivity index (χ1v) is 10.0. The fourth-order valence-electron chi connectivity index (χ4n) is 2.09. The van der Waals surface area contributed by atoms with Gasteiger partial charge in [-0.2, -0.15) is 0 Å². The van der Waals surface area contributed by atoms with Crippen LogP contribution in [0.3, 0.4) is 0 Å². The molecule has 7 nitrogen and oxygen atoms in total. The molecule has 26 heavy (non-hydrogen) atoms. The summed E-state index contributed by atoms with van der Waals surface area (Å²) in [4.78, 5) is 8.41. The van der Waals surface area contributed by atoms with Crippen molar-refractivity contribution in [1.29, 1.82) is 0 Å². The number of aliphatic imine (C=N–C) groups is 1. The van der Waals surface area contributed by atoms with Crippen molar-refractivity contribution in [2.24, 2.45) is 4.99 Å². The van der Waals surface area contributed by atoms with Crippen LogP contribution in [0.5, 0.6) is 0 Å². The van der Waals surface area contributed by atoms with Crippen molar-refractivity contribution in [3.63, 3.8) is 0 Å². The summed E-state index contributed by atoms with van der Waals surface area (Å²) in [5.74, 6) is 0.591. The van der Waals surface area contributed by atoms with Crippen LogP contribution >= 0.6 is 11.6 Å². The van der Waals surface area contributed by atoms with E-state index in [-0.39, 0.29) is 11.4 Å². The van der Waals surface area contributed by atoms with Crippen LogP contribution in [-0.4, -0.2) is 39.0 Å². The number of hydrogen-bond donors (Lipinski definition) is 3. The second-order valence-electron chi connectivity index (χ2n) is 5.30. The first kappa shape index (κ1) is 20.2. The smallest absolute Gasteiger partial charge is 0.242 e. The van der Waals surface area contributed by atoms with E-state index in [2.05, 4.69) is 25.3 Å². The van der Waals surface area contributed by atoms with Gasteiger partial charge in [-0.1, -0.05) is 29.8 Å². The van der Waals surface area contributed by atoms with Crippen LogP contribution < -0.4 is 15.4 Å². The molecule has 0 bridgehead atoms. The highest BCUT2D eigenvalue weighted by Gasteiger charge is 2.12. The summed E-state index contributed by atoms with van der Waals surface area (Å²) in [6.07, 6.45) is 2.84. The number of guanidine groups is 1. The Balaban J connectivity index is 1.87. The lowest BCUT2D eigenvalue weighted by Crippen LogP contribution is -2.41. The number of sulfonamides is 1. The molecule has 3 N–H and O–H groups in total. The van der Waals surface area contributed by atoms with Crippen LogP contribution in [0.1, 0.15) is 12.5 Å². The van der Waals surface area contributed by atoms with Gasteiger partial charge in [-0.15, -0.1) is 0 Å². The summed E-state index contributed by atoms with van der Waals surface area (Å²) in [6, 6.07) is 10.6. The summed E-state index contributed by atoms with van der Waals surface area (Å²) >= 11 is 6.13. The Bertz CT molecular complexity index is 828. The molecule has 1 heterocycles. The van der Waals surface area contributed by atoms with E-state index >= 15 is 0 Å². The third kappa shape index (κ3) is 6.29. The molecule has 0 spiro atoms. The zero-order valence-corrected chi connectivity index (χ0v) is 16.0. The van der Waals surface area contributed by atoms with Gasteiger partial charge >= 0.3 is 0 Å². The fraction of sp³-hybridized carbons (Fsp3) is 0.294. The molecule has 0 aliphatic heterocycles. The van der Waals surface area contributed by atoms with E-state index in [1.54, 1.807) is 6.07 Å². The maximum Gasteiger partial charge on any atom is 0.242 e. The Hall–Kier alpha value is -2.16. The Morgan fingerprint density at radius 1 is 1.15 bits per heavy atom. The normalized spacial score (nSPS) is 12.0. The lowest BCUT2D eigenvalue weighted by Gasteiger charge is -2.12. The van der Waals surface area contributed by atoms with Gasteiger partial charge in [-0.3, -0.25) is 4.98 Å². The first-order valence-electron chi connectivity index (χ1n) is 8.18. The summed E-state index contributed by atoms with van der Waals surface area (Å²) in [7, 11) is -3.56. The van der Waals surface area contributed by atoms with Crippen molar-refractivity contribution in [2.45, 2.75) is 18.4 Å². The third-order valence-corrected chi connectivity index (χ3v) is 5.18. The zero-order valence-electron chi connectivity index (χ0n) is 14.4. The van der Waals surface area contributed by atoms with E-state index < -0.39 is 10.0 Å². The highest BCUT2D eigenvalue weighted by Crippen LogP contribution is 2.15. The first-order chi connectivity index (χ1) is 12.5. The van der Waals surface area contributed by atoms with Crippen LogP contribution in [0.4, 0.5) is 0 Å². The molecular formula is C17H22ClN5O2S. The number of pyridine rings is 1. The second kappa shape index (κ2) is 10.1. The van der Waals surface area contributed by atoms with Gasteiger partial charge in [-0.05, 0) is 30.7 Å². The fourth-order valence-corrected chi connectivity index (χ4v) is 3.28. The maximum absolute atomic E-state index is 12.1. The number of hydrogen-bond acceptors (Lipinski definition) is 4. The van der Waals surface area contributed by atoms with E-state index in [0.29, 0.717) is 30.6 Å². The summed E-state index contributed by atoms with van der Waals surface area (Å²) in [5, 5.41) is 6.86. The average molecular weight is 396 g/mol. The Morgan fingerprint density at radius 2 is 1.96 bits per heavy atom. The monoisotopic (exact) mass is 395 g/mol. The number of rotatable bonds is 8. The highest BCUT2D eigenvalue weighted by atomic mass is 35.5. The van der Waals surface area contributed by atoms with Gasteiger partial charge in [0.05, 0.1) is 6.54 Å². The third-order valence-electron chi connectivity index (χ3n) is 3.36. The van der Waals surface area contributed by atoms with E-state index in [9.17, 15) is 8.42 Å². The summed E-state index contributed by atoms with van der Waals surface area (Å²) < 4.78 is 26.7. The molecule has 1 aromatic heterocycles. The van der Waals surface area contributed by atoms with Gasteiger partial charge < -0.3 is 10.6 Å². The van der Waals surface area contributed by atoms with Crippen molar-refractivity contribution in [3.8, 4) is 0 Å². The summed E-state index contributed by atoms with van der Waals surface area (Å²) in [5.41, 5.74) is 0.920. The van der Waals surface area contributed by atoms with Crippen molar-refractivity contribution in [2.75, 3.05) is 19.6 Å². The van der Waals surface area contributed by atoms with Crippen molar-refractivity contribution < 1.29 is 8.42 Å². The lowest BCUT2D eigenvalue weighted by molar-refractivity contribution is 0.580. The SMILES string of the molecule is CCNC(=NCc1ccccc1Cl)NCCNS(=O)(=O)c1cccnc1. The quantitative estimate of drug-likeness (QED) is 0.359. The van der Waals surface area contributed by atoms with Crippen molar-refractivity contribution in [1.82, 2.24) is 20.3 Å². The van der Waals surface area contributed by atoms with E-state index in [4.69, 9.17) is 11.6 Å². The molecule has 2 aromatic rings. The number of halogens is 1. The molecule has 0 aliphatic carbocycles. The van der Waals surface area contributed by atoms with E-state index in [1.807, 2.05) is 31.2 Å². The number of aromatic nitrogens is 1. The summed E-state index contributed by atoms with van der Waals surface area (Å²) in [6.45, 7) is 3.67. The van der Waals surface area contributed by atoms with E-state index in [1.165, 1.54) is 18.5 Å². The topological polar surface area (TPSA) is 95.5 Å². The molecular weight excluding hydrogens is 374 g/mol. The molecule has 140 valence electrons. The van der Waals surface area contributed by atoms with Gasteiger partial charge in [0.2, 0.25) is 10.0 Å². The second-order valence-corrected chi connectivity index (χ2v) is 7.47. The maximum atomic E-state index is 12.1. The van der Waals surface area contributed by atoms with Crippen molar-refractivity contribution >= 4 is 27.6 Å². The minimum absolute atomic E-state index is 0.138. The minimum Gasteiger partial charge on any atom is -0.357 e.